The van der Waals surface area contributed by atoms with Gasteiger partial charge < -0.3 is 10.5 Å². The summed E-state index contributed by atoms with van der Waals surface area (Å²) in [5, 5.41) is 0. The highest BCUT2D eigenvalue weighted by atomic mass is 32.2. The van der Waals surface area contributed by atoms with E-state index in [0.29, 0.717) is 17.4 Å². The molecule has 2 rings (SSSR count). The Labute approximate surface area is 126 Å². The maximum atomic E-state index is 12.6. The fraction of sp³-hybridized carbons (Fsp3) is 0.600. The summed E-state index contributed by atoms with van der Waals surface area (Å²) in [5.74, 6) is 0.998. The molecule has 0 amide bonds. The Kier molecular flexibility index (Phi) is 4.78. The summed E-state index contributed by atoms with van der Waals surface area (Å²) in [6.45, 7) is 3.82. The third-order valence-corrected chi connectivity index (χ3v) is 5.51. The molecule has 0 saturated heterocycles. The lowest BCUT2D eigenvalue weighted by Gasteiger charge is -2.18. The lowest BCUT2D eigenvalue weighted by molar-refractivity contribution is 0.401. The lowest BCUT2D eigenvalue weighted by Crippen LogP contribution is -2.35. The zero-order chi connectivity index (χ0) is 15.6. The smallest absolute Gasteiger partial charge is 0.244 e. The Morgan fingerprint density at radius 1 is 1.43 bits per heavy atom. The molecular weight excluding hydrogens is 288 g/mol. The van der Waals surface area contributed by atoms with Crippen molar-refractivity contribution in [2.75, 3.05) is 12.8 Å². The predicted octanol–water partition coefficient (Wildman–Crippen LogP) is 2.44. The number of methoxy groups -OCH3 is 1. The molecule has 1 unspecified atom stereocenters. The van der Waals surface area contributed by atoms with Gasteiger partial charge in [0.15, 0.2) is 0 Å². The lowest BCUT2D eigenvalue weighted by atomic mass is 10.1. The molecule has 5 nitrogen and oxygen atoms in total. The molecule has 3 N–H and O–H groups in total. The van der Waals surface area contributed by atoms with Gasteiger partial charge in [-0.25, -0.2) is 13.1 Å². The van der Waals surface area contributed by atoms with Gasteiger partial charge in [0.2, 0.25) is 10.0 Å². The van der Waals surface area contributed by atoms with Gasteiger partial charge >= 0.3 is 0 Å². The Balaban J connectivity index is 2.27. The molecule has 0 aliphatic heterocycles. The molecule has 0 aromatic heterocycles. The molecular formula is C15H24N2O3S. The molecule has 0 heterocycles. The number of ether oxygens (including phenoxy) is 1. The fourth-order valence-electron chi connectivity index (χ4n) is 2.38. The van der Waals surface area contributed by atoms with E-state index in [9.17, 15) is 8.42 Å². The van der Waals surface area contributed by atoms with Crippen molar-refractivity contribution in [2.45, 2.75) is 50.5 Å². The normalized spacial score (nSPS) is 16.7. The first kappa shape index (κ1) is 16.1. The quantitative estimate of drug-likeness (QED) is 0.758. The minimum Gasteiger partial charge on any atom is -0.495 e. The van der Waals surface area contributed by atoms with Crippen molar-refractivity contribution in [3.05, 3.63) is 17.7 Å². The Morgan fingerprint density at radius 3 is 2.62 bits per heavy atom. The van der Waals surface area contributed by atoms with Crippen LogP contribution in [0.1, 0.15) is 38.2 Å². The van der Waals surface area contributed by atoms with E-state index in [1.165, 1.54) is 26.0 Å². The largest absolute Gasteiger partial charge is 0.495 e. The van der Waals surface area contributed by atoms with Crippen molar-refractivity contribution in [2.24, 2.45) is 5.92 Å². The molecule has 1 aliphatic rings. The van der Waals surface area contributed by atoms with E-state index in [1.54, 1.807) is 6.07 Å². The van der Waals surface area contributed by atoms with Crippen molar-refractivity contribution >= 4 is 15.7 Å². The number of rotatable bonds is 7. The van der Waals surface area contributed by atoms with Crippen LogP contribution in [0.2, 0.25) is 0 Å². The van der Waals surface area contributed by atoms with Crippen LogP contribution in [0.5, 0.6) is 5.75 Å². The molecule has 1 fully saturated rings. The van der Waals surface area contributed by atoms with E-state index in [-0.39, 0.29) is 10.9 Å². The predicted molar refractivity (Wildman–Crippen MR) is 83.9 cm³/mol. The van der Waals surface area contributed by atoms with Crippen molar-refractivity contribution < 1.29 is 13.2 Å². The molecule has 0 bridgehead atoms. The molecule has 118 valence electrons. The number of hydrogen-bond donors (Lipinski definition) is 2. The highest BCUT2D eigenvalue weighted by molar-refractivity contribution is 7.89. The van der Waals surface area contributed by atoms with Gasteiger partial charge in [-0.2, -0.15) is 0 Å². The first-order valence-electron chi connectivity index (χ1n) is 7.33. The number of aryl methyl sites for hydroxylation is 1. The third-order valence-electron chi connectivity index (χ3n) is 3.97. The summed E-state index contributed by atoms with van der Waals surface area (Å²) >= 11 is 0. The fourth-order valence-corrected chi connectivity index (χ4v) is 3.90. The number of anilines is 1. The zero-order valence-corrected chi connectivity index (χ0v) is 13.7. The third kappa shape index (κ3) is 3.89. The SMILES string of the molecule is CCC(CC1CC1)NS(=O)(=O)c1cc(N)c(C)cc1OC. The maximum absolute atomic E-state index is 12.6. The van der Waals surface area contributed by atoms with Gasteiger partial charge in [0.05, 0.1) is 7.11 Å². The topological polar surface area (TPSA) is 81.4 Å². The van der Waals surface area contributed by atoms with Crippen LogP contribution >= 0.6 is 0 Å². The van der Waals surface area contributed by atoms with Crippen LogP contribution in [-0.2, 0) is 10.0 Å². The standard InChI is InChI=1S/C15H24N2O3S/c1-4-12(8-11-5-6-11)17-21(18,19)15-9-13(16)10(2)7-14(15)20-3/h7,9,11-12,17H,4-6,8,16H2,1-3H3. The van der Waals surface area contributed by atoms with Crippen molar-refractivity contribution in [3.63, 3.8) is 0 Å². The average Bonchev–Trinajstić information content (AvgIpc) is 3.24. The van der Waals surface area contributed by atoms with E-state index in [0.717, 1.165) is 18.4 Å². The second-order valence-electron chi connectivity index (χ2n) is 5.77. The van der Waals surface area contributed by atoms with E-state index >= 15 is 0 Å². The first-order chi connectivity index (χ1) is 9.87. The highest BCUT2D eigenvalue weighted by Gasteiger charge is 2.29. The molecule has 1 aliphatic carbocycles. The van der Waals surface area contributed by atoms with Crippen LogP contribution in [0.15, 0.2) is 17.0 Å². The number of hydrogen-bond acceptors (Lipinski definition) is 4. The summed E-state index contributed by atoms with van der Waals surface area (Å²) in [5.41, 5.74) is 7.10. The van der Waals surface area contributed by atoms with Crippen LogP contribution in [0.4, 0.5) is 5.69 Å². The van der Waals surface area contributed by atoms with Crippen LogP contribution < -0.4 is 15.2 Å². The number of nitrogen functional groups attached to an aromatic ring is 1. The van der Waals surface area contributed by atoms with E-state index in [4.69, 9.17) is 10.5 Å². The summed E-state index contributed by atoms with van der Waals surface area (Å²) in [6, 6.07) is 3.10. The van der Waals surface area contributed by atoms with Crippen LogP contribution in [0.3, 0.4) is 0 Å². The highest BCUT2D eigenvalue weighted by Crippen LogP contribution is 2.35. The number of sulfonamides is 1. The molecule has 1 aromatic rings. The van der Waals surface area contributed by atoms with Gasteiger partial charge in [0, 0.05) is 11.7 Å². The first-order valence-corrected chi connectivity index (χ1v) is 8.82. The minimum atomic E-state index is -3.63. The second-order valence-corrected chi connectivity index (χ2v) is 7.45. The van der Waals surface area contributed by atoms with Crippen LogP contribution in [-0.4, -0.2) is 21.6 Å². The van der Waals surface area contributed by atoms with E-state index in [2.05, 4.69) is 4.72 Å². The molecule has 1 aromatic carbocycles. The minimum absolute atomic E-state index is 0.0327. The van der Waals surface area contributed by atoms with Gasteiger partial charge in [-0.1, -0.05) is 19.8 Å². The molecule has 1 atom stereocenters. The Bertz CT molecular complexity index is 610. The molecule has 1 saturated carbocycles. The van der Waals surface area contributed by atoms with Crippen LogP contribution in [0.25, 0.3) is 0 Å². The molecule has 0 radical (unpaired) electrons. The summed E-state index contributed by atoms with van der Waals surface area (Å²) < 4.78 is 33.2. The van der Waals surface area contributed by atoms with Crippen molar-refractivity contribution in [3.8, 4) is 5.75 Å². The summed E-state index contributed by atoms with van der Waals surface area (Å²) in [7, 11) is -2.16. The second kappa shape index (κ2) is 6.23. The van der Waals surface area contributed by atoms with Gasteiger partial charge in [0.25, 0.3) is 0 Å². The molecule has 0 spiro atoms. The summed E-state index contributed by atoms with van der Waals surface area (Å²) in [4.78, 5) is 0.113. The van der Waals surface area contributed by atoms with E-state index < -0.39 is 10.0 Å². The van der Waals surface area contributed by atoms with Gasteiger partial charge in [0.1, 0.15) is 10.6 Å². The number of benzene rings is 1. The van der Waals surface area contributed by atoms with Crippen molar-refractivity contribution in [1.82, 2.24) is 4.72 Å². The van der Waals surface area contributed by atoms with Crippen molar-refractivity contribution in [1.29, 1.82) is 0 Å². The maximum Gasteiger partial charge on any atom is 0.244 e. The Morgan fingerprint density at radius 2 is 2.10 bits per heavy atom. The van der Waals surface area contributed by atoms with E-state index in [1.807, 2.05) is 13.8 Å². The summed E-state index contributed by atoms with van der Waals surface area (Å²) in [6.07, 6.45) is 4.09. The van der Waals surface area contributed by atoms with Gasteiger partial charge in [-0.05, 0) is 43.4 Å². The van der Waals surface area contributed by atoms with Gasteiger partial charge in [-0.15, -0.1) is 0 Å². The molecule has 6 heteroatoms. The van der Waals surface area contributed by atoms with Crippen LogP contribution in [0, 0.1) is 12.8 Å². The number of nitrogens with one attached hydrogen (secondary N) is 1. The average molecular weight is 312 g/mol. The molecule has 21 heavy (non-hydrogen) atoms. The zero-order valence-electron chi connectivity index (χ0n) is 12.8. The van der Waals surface area contributed by atoms with Gasteiger partial charge in [-0.3, -0.25) is 0 Å². The Hall–Kier alpha value is -1.27. The monoisotopic (exact) mass is 312 g/mol. The number of nitrogens with two attached hydrogens (primary N) is 1.